The maximum Gasteiger partial charge on any atom is 0.331 e. The number of rotatable bonds is 5. The molecule has 2 aliphatic rings. The third-order valence-corrected chi connectivity index (χ3v) is 5.53. The van der Waals surface area contributed by atoms with Gasteiger partial charge in [0.05, 0.1) is 6.04 Å². The number of nitrogens with zero attached hydrogens (tertiary/aromatic N) is 2. The smallest absolute Gasteiger partial charge is 0.331 e. The van der Waals surface area contributed by atoms with Crippen LogP contribution in [-0.4, -0.2) is 48.1 Å². The number of amides is 1. The molecule has 3 heterocycles. The van der Waals surface area contributed by atoms with Gasteiger partial charge in [-0.2, -0.15) is 0 Å². The Morgan fingerprint density at radius 3 is 2.84 bits per heavy atom. The summed E-state index contributed by atoms with van der Waals surface area (Å²) < 4.78 is 21.9. The maximum absolute atomic E-state index is 12.8. The van der Waals surface area contributed by atoms with Gasteiger partial charge in [0.2, 0.25) is 5.89 Å². The fraction of sp³-hybridized carbons (Fsp3) is 0.292. The summed E-state index contributed by atoms with van der Waals surface area (Å²) in [6.07, 6.45) is 4.37. The molecule has 5 rings (SSSR count). The minimum atomic E-state index is -0.629. The van der Waals surface area contributed by atoms with E-state index >= 15 is 0 Å². The lowest BCUT2D eigenvalue weighted by Crippen LogP contribution is -2.34. The second-order valence-electron chi connectivity index (χ2n) is 7.61. The van der Waals surface area contributed by atoms with Crippen LogP contribution in [0.5, 0.6) is 11.5 Å². The number of hydrogen-bond donors (Lipinski definition) is 0. The Morgan fingerprint density at radius 1 is 1.12 bits per heavy atom. The second kappa shape index (κ2) is 8.74. The van der Waals surface area contributed by atoms with Gasteiger partial charge in [-0.05, 0) is 42.7 Å². The molecule has 1 amide bonds. The number of para-hydroxylation sites is 2. The summed E-state index contributed by atoms with van der Waals surface area (Å²) >= 11 is 0. The van der Waals surface area contributed by atoms with Crippen molar-refractivity contribution in [3.05, 3.63) is 60.0 Å². The number of oxazole rings is 1. The van der Waals surface area contributed by atoms with Crippen LogP contribution in [0.25, 0.3) is 17.2 Å². The Bertz CT molecular complexity index is 1150. The number of fused-ring (bicyclic) bond motifs is 2. The lowest BCUT2D eigenvalue weighted by atomic mass is 10.0. The topological polar surface area (TPSA) is 91.1 Å². The van der Waals surface area contributed by atoms with Crippen molar-refractivity contribution in [3.63, 3.8) is 0 Å². The molecule has 2 aromatic carbocycles. The van der Waals surface area contributed by atoms with Crippen molar-refractivity contribution in [2.75, 3.05) is 26.4 Å². The molecule has 0 radical (unpaired) electrons. The average molecular weight is 434 g/mol. The van der Waals surface area contributed by atoms with Gasteiger partial charge in [0, 0.05) is 18.7 Å². The highest BCUT2D eigenvalue weighted by Gasteiger charge is 2.31. The highest BCUT2D eigenvalue weighted by Crippen LogP contribution is 2.38. The fourth-order valence-electron chi connectivity index (χ4n) is 4.04. The van der Waals surface area contributed by atoms with E-state index in [1.807, 2.05) is 36.4 Å². The van der Waals surface area contributed by atoms with Crippen molar-refractivity contribution in [2.24, 2.45) is 0 Å². The summed E-state index contributed by atoms with van der Waals surface area (Å²) in [5.74, 6) is 0.855. The van der Waals surface area contributed by atoms with Crippen molar-refractivity contribution in [2.45, 2.75) is 18.9 Å². The maximum atomic E-state index is 12.8. The first kappa shape index (κ1) is 20.1. The standard InChI is InChI=1S/C24H22N2O6/c27-23(15-31-24(28)10-9-22-25-17-4-1-2-6-19(17)32-22)26-11-3-5-18(26)16-7-8-20-21(14-16)30-13-12-29-20/h1-2,4,6-10,14,18H,3,5,11-13,15H2/b10-9+. The molecule has 1 atom stereocenters. The van der Waals surface area contributed by atoms with Crippen LogP contribution < -0.4 is 9.47 Å². The number of hydrogen-bond acceptors (Lipinski definition) is 7. The second-order valence-corrected chi connectivity index (χ2v) is 7.61. The van der Waals surface area contributed by atoms with Crippen molar-refractivity contribution in [1.82, 2.24) is 9.88 Å². The van der Waals surface area contributed by atoms with Crippen molar-refractivity contribution in [1.29, 1.82) is 0 Å². The summed E-state index contributed by atoms with van der Waals surface area (Å²) in [5.41, 5.74) is 2.33. The molecule has 8 nitrogen and oxygen atoms in total. The zero-order valence-corrected chi connectivity index (χ0v) is 17.4. The molecule has 32 heavy (non-hydrogen) atoms. The van der Waals surface area contributed by atoms with E-state index in [0.29, 0.717) is 42.5 Å². The van der Waals surface area contributed by atoms with Crippen LogP contribution in [0.1, 0.15) is 30.3 Å². The molecule has 8 heteroatoms. The monoisotopic (exact) mass is 434 g/mol. The Morgan fingerprint density at radius 2 is 1.97 bits per heavy atom. The van der Waals surface area contributed by atoms with E-state index in [2.05, 4.69) is 4.98 Å². The van der Waals surface area contributed by atoms with Gasteiger partial charge in [-0.3, -0.25) is 4.79 Å². The summed E-state index contributed by atoms with van der Waals surface area (Å²) in [5, 5.41) is 0. The minimum Gasteiger partial charge on any atom is -0.486 e. The van der Waals surface area contributed by atoms with E-state index in [9.17, 15) is 9.59 Å². The third-order valence-electron chi connectivity index (χ3n) is 5.53. The molecule has 0 spiro atoms. The van der Waals surface area contributed by atoms with Gasteiger partial charge >= 0.3 is 5.97 Å². The van der Waals surface area contributed by atoms with Gasteiger partial charge in [0.1, 0.15) is 18.7 Å². The van der Waals surface area contributed by atoms with Crippen molar-refractivity contribution < 1.29 is 28.2 Å². The number of benzene rings is 2. The molecule has 0 N–H and O–H groups in total. The molecule has 1 aromatic heterocycles. The van der Waals surface area contributed by atoms with Gasteiger partial charge in [-0.15, -0.1) is 0 Å². The highest BCUT2D eigenvalue weighted by atomic mass is 16.6. The Balaban J connectivity index is 1.19. The molecule has 0 saturated carbocycles. The van der Waals surface area contributed by atoms with Gasteiger partial charge in [-0.25, -0.2) is 9.78 Å². The van der Waals surface area contributed by atoms with Gasteiger partial charge in [0.25, 0.3) is 5.91 Å². The minimum absolute atomic E-state index is 0.0766. The largest absolute Gasteiger partial charge is 0.486 e. The van der Waals surface area contributed by atoms with Crippen LogP contribution >= 0.6 is 0 Å². The zero-order valence-electron chi connectivity index (χ0n) is 17.4. The van der Waals surface area contributed by atoms with Crippen molar-refractivity contribution >= 4 is 29.1 Å². The number of likely N-dealkylation sites (tertiary alicyclic amines) is 1. The summed E-state index contributed by atoms with van der Waals surface area (Å²) in [6, 6.07) is 13.0. The van der Waals surface area contributed by atoms with E-state index in [-0.39, 0.29) is 18.6 Å². The van der Waals surface area contributed by atoms with E-state index in [4.69, 9.17) is 18.6 Å². The number of carbonyl (C=O) groups is 2. The predicted octanol–water partition coefficient (Wildman–Crippen LogP) is 3.52. The summed E-state index contributed by atoms with van der Waals surface area (Å²) in [4.78, 5) is 30.8. The summed E-state index contributed by atoms with van der Waals surface area (Å²) in [7, 11) is 0. The first-order chi connectivity index (χ1) is 15.7. The van der Waals surface area contributed by atoms with Gasteiger partial charge < -0.3 is 23.5 Å². The third kappa shape index (κ3) is 4.16. The predicted molar refractivity (Wildman–Crippen MR) is 115 cm³/mol. The van der Waals surface area contributed by atoms with Crippen LogP contribution in [0.3, 0.4) is 0 Å². The van der Waals surface area contributed by atoms with E-state index in [1.54, 1.807) is 11.0 Å². The summed E-state index contributed by atoms with van der Waals surface area (Å²) in [6.45, 7) is 1.34. The van der Waals surface area contributed by atoms with Crippen LogP contribution in [0.15, 0.2) is 53.0 Å². The normalized spacial score (nSPS) is 17.8. The van der Waals surface area contributed by atoms with Crippen LogP contribution in [0.2, 0.25) is 0 Å². The molecule has 2 aliphatic heterocycles. The van der Waals surface area contributed by atoms with E-state index in [0.717, 1.165) is 24.2 Å². The molecule has 1 fully saturated rings. The lowest BCUT2D eigenvalue weighted by Gasteiger charge is -2.26. The lowest BCUT2D eigenvalue weighted by molar-refractivity contribution is -0.148. The van der Waals surface area contributed by atoms with Crippen LogP contribution in [-0.2, 0) is 14.3 Å². The SMILES string of the molecule is O=C(/C=C/c1nc2ccccc2o1)OCC(=O)N1CCCC1c1ccc2c(c1)OCCO2. The Hall–Kier alpha value is -3.81. The molecule has 0 bridgehead atoms. The van der Waals surface area contributed by atoms with Crippen LogP contribution in [0, 0.1) is 0 Å². The van der Waals surface area contributed by atoms with E-state index in [1.165, 1.54) is 12.2 Å². The first-order valence-corrected chi connectivity index (χ1v) is 10.6. The van der Waals surface area contributed by atoms with Gasteiger partial charge in [-0.1, -0.05) is 18.2 Å². The van der Waals surface area contributed by atoms with Crippen molar-refractivity contribution in [3.8, 4) is 11.5 Å². The molecule has 3 aromatic rings. The molecule has 0 aliphatic carbocycles. The molecule has 164 valence electrons. The zero-order chi connectivity index (χ0) is 21.9. The Labute approximate surface area is 184 Å². The molecule has 1 unspecified atom stereocenters. The molecular formula is C24H22N2O6. The van der Waals surface area contributed by atoms with Crippen LogP contribution in [0.4, 0.5) is 0 Å². The highest BCUT2D eigenvalue weighted by molar-refractivity contribution is 5.89. The van der Waals surface area contributed by atoms with Gasteiger partial charge in [0.15, 0.2) is 23.7 Å². The quantitative estimate of drug-likeness (QED) is 0.448. The number of carbonyl (C=O) groups excluding carboxylic acids is 2. The fourth-order valence-corrected chi connectivity index (χ4v) is 4.04. The first-order valence-electron chi connectivity index (χ1n) is 10.6. The molecule has 1 saturated heterocycles. The number of esters is 1. The van der Waals surface area contributed by atoms with E-state index < -0.39 is 5.97 Å². The number of aromatic nitrogens is 1. The Kier molecular flexibility index (Phi) is 5.49. The molecular weight excluding hydrogens is 412 g/mol. The number of ether oxygens (including phenoxy) is 3. The average Bonchev–Trinajstić information content (AvgIpc) is 3.48.